The molecule has 0 bridgehead atoms. The Kier molecular flexibility index (Phi) is 8.41. The molecule has 174 valence electrons. The van der Waals surface area contributed by atoms with Crippen molar-refractivity contribution >= 4 is 18.0 Å². The first kappa shape index (κ1) is 24.2. The summed E-state index contributed by atoms with van der Waals surface area (Å²) in [4.78, 5) is 38.7. The zero-order valence-electron chi connectivity index (χ0n) is 19.4. The predicted octanol–water partition coefficient (Wildman–Crippen LogP) is 5.39. The van der Waals surface area contributed by atoms with Crippen molar-refractivity contribution in [3.8, 4) is 0 Å². The van der Waals surface area contributed by atoms with E-state index < -0.39 is 12.1 Å². The number of benzene rings is 2. The van der Waals surface area contributed by atoms with Gasteiger partial charge in [-0.3, -0.25) is 4.79 Å². The smallest absolute Gasteiger partial charge is 0.416 e. The zero-order chi connectivity index (χ0) is 23.8. The maximum Gasteiger partial charge on any atom is 0.416 e. The van der Waals surface area contributed by atoms with Gasteiger partial charge in [0.2, 0.25) is 5.91 Å². The number of hydrogen-bond donors (Lipinski definition) is 0. The largest absolute Gasteiger partial charge is 0.447 e. The zero-order valence-corrected chi connectivity index (χ0v) is 19.4. The second-order valence-corrected chi connectivity index (χ2v) is 8.81. The van der Waals surface area contributed by atoms with E-state index in [0.29, 0.717) is 24.8 Å². The van der Waals surface area contributed by atoms with Crippen LogP contribution < -0.4 is 0 Å². The topological polar surface area (TPSA) is 72.9 Å². The fraction of sp³-hybridized carbons (Fsp3) is 0.370. The van der Waals surface area contributed by atoms with Gasteiger partial charge in [-0.2, -0.15) is 0 Å². The number of carbonyl (C=O) groups is 3. The fourth-order valence-electron chi connectivity index (χ4n) is 4.19. The van der Waals surface area contributed by atoms with Crippen molar-refractivity contribution in [3.05, 3.63) is 83.6 Å². The van der Waals surface area contributed by atoms with Gasteiger partial charge in [0.05, 0.1) is 17.9 Å². The highest BCUT2D eigenvalue weighted by Gasteiger charge is 2.39. The van der Waals surface area contributed by atoms with Crippen molar-refractivity contribution in [2.24, 2.45) is 11.8 Å². The number of hydrogen-bond acceptors (Lipinski definition) is 5. The minimum absolute atomic E-state index is 0.168. The molecule has 2 aromatic carbocycles. The lowest BCUT2D eigenvalue weighted by molar-refractivity contribution is -0.133. The number of imide groups is 1. The van der Waals surface area contributed by atoms with Crippen molar-refractivity contribution in [1.29, 1.82) is 0 Å². The summed E-state index contributed by atoms with van der Waals surface area (Å²) in [6, 6.07) is 18.3. The van der Waals surface area contributed by atoms with Crippen LogP contribution >= 0.6 is 0 Å². The third kappa shape index (κ3) is 6.78. The molecule has 0 aliphatic carbocycles. The molecular weight excluding hydrogens is 418 g/mol. The average Bonchev–Trinajstić information content (AvgIpc) is 3.17. The van der Waals surface area contributed by atoms with Gasteiger partial charge in [-0.15, -0.1) is 0 Å². The molecular formula is C27H31NO5. The lowest BCUT2D eigenvalue weighted by Crippen LogP contribution is -2.43. The lowest BCUT2D eigenvalue weighted by atomic mass is 9.91. The van der Waals surface area contributed by atoms with Crippen molar-refractivity contribution in [2.45, 2.75) is 46.1 Å². The molecule has 0 spiro atoms. The standard InChI is InChI=1S/C27H31NO5/c1-19(14-20(2)17-32-26(30)23-12-8-5-9-13-23)15-21(3)25(29)28-24(18-33-27(28)31)16-22-10-6-4-7-11-22/h4-13,17,19,21,24H,14-16,18H2,1-3H3/b20-17-/t19-,21-,24-/m0/s1. The second kappa shape index (κ2) is 11.5. The monoisotopic (exact) mass is 449 g/mol. The number of allylic oxidation sites excluding steroid dienone is 1. The molecule has 3 atom stereocenters. The number of rotatable bonds is 9. The lowest BCUT2D eigenvalue weighted by Gasteiger charge is -2.24. The predicted molar refractivity (Wildman–Crippen MR) is 125 cm³/mol. The van der Waals surface area contributed by atoms with Crippen LogP contribution in [0.25, 0.3) is 0 Å². The molecule has 1 saturated heterocycles. The maximum atomic E-state index is 13.1. The van der Waals surface area contributed by atoms with Gasteiger partial charge in [-0.1, -0.05) is 62.4 Å². The highest BCUT2D eigenvalue weighted by molar-refractivity contribution is 5.94. The highest BCUT2D eigenvalue weighted by Crippen LogP contribution is 2.25. The van der Waals surface area contributed by atoms with E-state index >= 15 is 0 Å². The number of esters is 1. The van der Waals surface area contributed by atoms with Crippen LogP contribution in [-0.2, 0) is 20.7 Å². The first-order valence-corrected chi connectivity index (χ1v) is 11.3. The number of nitrogens with zero attached hydrogens (tertiary/aromatic N) is 1. The Hall–Kier alpha value is -3.41. The van der Waals surface area contributed by atoms with Gasteiger partial charge < -0.3 is 9.47 Å². The Bertz CT molecular complexity index is 986. The quantitative estimate of drug-likeness (QED) is 0.379. The molecule has 6 nitrogen and oxygen atoms in total. The molecule has 2 aromatic rings. The van der Waals surface area contributed by atoms with Crippen LogP contribution in [0.15, 0.2) is 72.5 Å². The van der Waals surface area contributed by atoms with E-state index in [0.717, 1.165) is 11.1 Å². The molecule has 0 N–H and O–H groups in total. The summed E-state index contributed by atoms with van der Waals surface area (Å²) in [5, 5.41) is 0. The summed E-state index contributed by atoms with van der Waals surface area (Å²) in [5.41, 5.74) is 2.47. The Labute approximate surface area is 195 Å². The van der Waals surface area contributed by atoms with Crippen molar-refractivity contribution in [1.82, 2.24) is 4.90 Å². The Morgan fingerprint density at radius 3 is 2.39 bits per heavy atom. The minimum Gasteiger partial charge on any atom is -0.447 e. The first-order chi connectivity index (χ1) is 15.8. The summed E-state index contributed by atoms with van der Waals surface area (Å²) in [6.45, 7) is 6.01. The van der Waals surface area contributed by atoms with E-state index in [-0.39, 0.29) is 30.4 Å². The molecule has 1 aliphatic rings. The molecule has 0 unspecified atom stereocenters. The van der Waals surface area contributed by atoms with Crippen LogP contribution in [0.3, 0.4) is 0 Å². The van der Waals surface area contributed by atoms with Gasteiger partial charge >= 0.3 is 12.1 Å². The van der Waals surface area contributed by atoms with E-state index in [2.05, 4.69) is 0 Å². The van der Waals surface area contributed by atoms with E-state index in [1.165, 1.54) is 11.2 Å². The van der Waals surface area contributed by atoms with E-state index in [1.807, 2.05) is 57.2 Å². The molecule has 2 amide bonds. The molecule has 0 aromatic heterocycles. The minimum atomic E-state index is -0.565. The van der Waals surface area contributed by atoms with Crippen molar-refractivity contribution in [2.75, 3.05) is 6.61 Å². The van der Waals surface area contributed by atoms with Gasteiger partial charge in [0, 0.05) is 5.92 Å². The van der Waals surface area contributed by atoms with Crippen molar-refractivity contribution < 1.29 is 23.9 Å². The molecule has 0 saturated carbocycles. The average molecular weight is 450 g/mol. The summed E-state index contributed by atoms with van der Waals surface area (Å²) in [7, 11) is 0. The van der Waals surface area contributed by atoms with Crippen LogP contribution in [0.5, 0.6) is 0 Å². The molecule has 6 heteroatoms. The second-order valence-electron chi connectivity index (χ2n) is 8.81. The highest BCUT2D eigenvalue weighted by atomic mass is 16.6. The van der Waals surface area contributed by atoms with Crippen LogP contribution in [0, 0.1) is 11.8 Å². The van der Waals surface area contributed by atoms with Gasteiger partial charge in [0.1, 0.15) is 6.61 Å². The van der Waals surface area contributed by atoms with E-state index in [1.54, 1.807) is 24.3 Å². The summed E-state index contributed by atoms with van der Waals surface area (Å²) in [5.74, 6) is -0.768. The molecule has 1 aliphatic heterocycles. The van der Waals surface area contributed by atoms with Crippen LogP contribution in [0.2, 0.25) is 0 Å². The molecule has 1 fully saturated rings. The Morgan fingerprint density at radius 2 is 1.73 bits per heavy atom. The third-order valence-electron chi connectivity index (χ3n) is 5.74. The summed E-state index contributed by atoms with van der Waals surface area (Å²) in [6.07, 6.45) is 2.78. The molecule has 33 heavy (non-hydrogen) atoms. The summed E-state index contributed by atoms with van der Waals surface area (Å²) < 4.78 is 10.5. The number of amides is 2. The van der Waals surface area contributed by atoms with Gasteiger partial charge in [0.15, 0.2) is 0 Å². The molecule has 3 rings (SSSR count). The van der Waals surface area contributed by atoms with E-state index in [4.69, 9.17) is 9.47 Å². The van der Waals surface area contributed by atoms with Crippen LogP contribution in [0.1, 0.15) is 49.5 Å². The third-order valence-corrected chi connectivity index (χ3v) is 5.74. The van der Waals surface area contributed by atoms with Gasteiger partial charge in [0.25, 0.3) is 0 Å². The van der Waals surface area contributed by atoms with E-state index in [9.17, 15) is 14.4 Å². The first-order valence-electron chi connectivity index (χ1n) is 11.3. The number of ether oxygens (including phenoxy) is 2. The Balaban J connectivity index is 1.52. The number of carbonyl (C=O) groups excluding carboxylic acids is 3. The van der Waals surface area contributed by atoms with Gasteiger partial charge in [-0.25, -0.2) is 14.5 Å². The van der Waals surface area contributed by atoms with Crippen molar-refractivity contribution in [3.63, 3.8) is 0 Å². The van der Waals surface area contributed by atoms with Crippen LogP contribution in [0.4, 0.5) is 4.79 Å². The van der Waals surface area contributed by atoms with Crippen LogP contribution in [-0.4, -0.2) is 35.5 Å². The summed E-state index contributed by atoms with van der Waals surface area (Å²) >= 11 is 0. The number of cyclic esters (lactones) is 1. The maximum absolute atomic E-state index is 13.1. The fourth-order valence-corrected chi connectivity index (χ4v) is 4.19. The SMILES string of the molecule is C/C(=C/OC(=O)c1ccccc1)C[C@H](C)C[C@H](C)C(=O)N1C(=O)OC[C@@H]1Cc1ccccc1. The molecule has 1 heterocycles. The van der Waals surface area contributed by atoms with Gasteiger partial charge in [-0.05, 0) is 55.4 Å². The Morgan fingerprint density at radius 1 is 1.09 bits per heavy atom. The molecule has 0 radical (unpaired) electrons. The normalized spacial score (nSPS) is 17.9.